The Labute approximate surface area is 138 Å². The minimum atomic E-state index is -0.197. The Bertz CT molecular complexity index is 960. The van der Waals surface area contributed by atoms with Gasteiger partial charge in [0.25, 0.3) is 5.56 Å². The Balaban J connectivity index is 1.77. The SMILES string of the molecule is CC(c1cc(=O)n2[nH]c(-c3ccncc3)cc2n1)N1CCCC1=O. The lowest BCUT2D eigenvalue weighted by Gasteiger charge is -2.23. The van der Waals surface area contributed by atoms with Gasteiger partial charge in [0.2, 0.25) is 5.91 Å². The number of pyridine rings is 1. The fourth-order valence-corrected chi connectivity index (χ4v) is 3.14. The Morgan fingerprint density at radius 2 is 2.00 bits per heavy atom. The highest BCUT2D eigenvalue weighted by Gasteiger charge is 2.27. The zero-order valence-corrected chi connectivity index (χ0v) is 13.3. The van der Waals surface area contributed by atoms with Crippen LogP contribution < -0.4 is 5.56 Å². The van der Waals surface area contributed by atoms with Gasteiger partial charge < -0.3 is 4.90 Å². The number of nitrogens with zero attached hydrogens (tertiary/aromatic N) is 4. The third-order valence-electron chi connectivity index (χ3n) is 4.47. The van der Waals surface area contributed by atoms with E-state index in [-0.39, 0.29) is 17.5 Å². The van der Waals surface area contributed by atoms with E-state index in [0.717, 1.165) is 24.2 Å². The van der Waals surface area contributed by atoms with Gasteiger partial charge in [0, 0.05) is 43.1 Å². The predicted molar refractivity (Wildman–Crippen MR) is 88.4 cm³/mol. The van der Waals surface area contributed by atoms with Crippen molar-refractivity contribution in [2.75, 3.05) is 6.54 Å². The lowest BCUT2D eigenvalue weighted by Crippen LogP contribution is -2.30. The van der Waals surface area contributed by atoms with Crippen LogP contribution in [-0.2, 0) is 4.79 Å². The molecule has 1 saturated heterocycles. The van der Waals surface area contributed by atoms with Crippen molar-refractivity contribution in [2.45, 2.75) is 25.8 Å². The number of likely N-dealkylation sites (tertiary alicyclic amines) is 1. The second-order valence-corrected chi connectivity index (χ2v) is 5.99. The van der Waals surface area contributed by atoms with Gasteiger partial charge in [-0.25, -0.2) is 9.50 Å². The van der Waals surface area contributed by atoms with Crippen LogP contribution in [0, 0.1) is 0 Å². The minimum Gasteiger partial charge on any atom is -0.334 e. The number of hydrogen-bond acceptors (Lipinski definition) is 4. The van der Waals surface area contributed by atoms with E-state index in [0.29, 0.717) is 17.8 Å². The maximum absolute atomic E-state index is 12.4. The van der Waals surface area contributed by atoms with Gasteiger partial charge in [0.1, 0.15) is 0 Å². The first-order valence-electron chi connectivity index (χ1n) is 7.96. The molecule has 1 aliphatic rings. The number of nitrogens with one attached hydrogen (secondary N) is 1. The number of H-pyrrole nitrogens is 1. The number of fused-ring (bicyclic) bond motifs is 1. The molecule has 1 fully saturated rings. The molecule has 1 amide bonds. The molecular weight excluding hydrogens is 306 g/mol. The maximum Gasteiger partial charge on any atom is 0.272 e. The zero-order valence-electron chi connectivity index (χ0n) is 13.3. The van der Waals surface area contributed by atoms with E-state index in [1.807, 2.05) is 25.1 Å². The summed E-state index contributed by atoms with van der Waals surface area (Å²) in [5.41, 5.74) is 2.70. The third kappa shape index (κ3) is 2.38. The molecule has 24 heavy (non-hydrogen) atoms. The largest absolute Gasteiger partial charge is 0.334 e. The quantitative estimate of drug-likeness (QED) is 0.796. The third-order valence-corrected chi connectivity index (χ3v) is 4.47. The van der Waals surface area contributed by atoms with Gasteiger partial charge in [-0.2, -0.15) is 0 Å². The Kier molecular flexibility index (Phi) is 3.41. The molecule has 0 spiro atoms. The van der Waals surface area contributed by atoms with E-state index in [4.69, 9.17) is 0 Å². The molecule has 0 aromatic carbocycles. The molecule has 122 valence electrons. The molecule has 1 unspecified atom stereocenters. The van der Waals surface area contributed by atoms with Gasteiger partial charge in [0.15, 0.2) is 5.65 Å². The molecule has 1 aliphatic heterocycles. The van der Waals surface area contributed by atoms with Crippen molar-refractivity contribution in [1.29, 1.82) is 0 Å². The van der Waals surface area contributed by atoms with Crippen LogP contribution in [0.2, 0.25) is 0 Å². The van der Waals surface area contributed by atoms with Crippen molar-refractivity contribution < 1.29 is 4.79 Å². The molecule has 4 rings (SSSR count). The van der Waals surface area contributed by atoms with Crippen LogP contribution in [0.4, 0.5) is 0 Å². The van der Waals surface area contributed by atoms with Crippen molar-refractivity contribution in [1.82, 2.24) is 24.5 Å². The van der Waals surface area contributed by atoms with Crippen LogP contribution in [0.5, 0.6) is 0 Å². The van der Waals surface area contributed by atoms with Crippen LogP contribution >= 0.6 is 0 Å². The number of carbonyl (C=O) groups is 1. The molecule has 0 radical (unpaired) electrons. The van der Waals surface area contributed by atoms with E-state index in [9.17, 15) is 9.59 Å². The molecule has 3 aromatic heterocycles. The first kappa shape index (κ1) is 14.6. The summed E-state index contributed by atoms with van der Waals surface area (Å²) in [5.74, 6) is 0.121. The maximum atomic E-state index is 12.4. The van der Waals surface area contributed by atoms with Crippen molar-refractivity contribution in [3.63, 3.8) is 0 Å². The molecule has 3 aromatic rings. The van der Waals surface area contributed by atoms with E-state index in [2.05, 4.69) is 15.1 Å². The van der Waals surface area contributed by atoms with E-state index < -0.39 is 0 Å². The van der Waals surface area contributed by atoms with E-state index >= 15 is 0 Å². The van der Waals surface area contributed by atoms with Crippen LogP contribution in [0.3, 0.4) is 0 Å². The number of hydrogen-bond donors (Lipinski definition) is 1. The number of carbonyl (C=O) groups excluding carboxylic acids is 1. The molecule has 0 aliphatic carbocycles. The molecule has 0 saturated carbocycles. The molecular formula is C17H17N5O2. The highest BCUT2D eigenvalue weighted by Crippen LogP contribution is 2.24. The molecule has 1 atom stereocenters. The van der Waals surface area contributed by atoms with Gasteiger partial charge in [-0.05, 0) is 25.5 Å². The Morgan fingerprint density at radius 1 is 1.21 bits per heavy atom. The monoisotopic (exact) mass is 323 g/mol. The standard InChI is InChI=1S/C17H17N5O2/c1-11(21-8-2-3-16(21)23)13-10-17(24)22-15(19-13)9-14(20-22)12-4-6-18-7-5-12/h4-7,9-11,20H,2-3,8H2,1H3. The number of aromatic amines is 1. The van der Waals surface area contributed by atoms with Crippen LogP contribution in [-0.4, -0.2) is 36.9 Å². The zero-order chi connectivity index (χ0) is 16.7. The fraction of sp³-hybridized carbons (Fsp3) is 0.294. The molecule has 7 heteroatoms. The predicted octanol–water partition coefficient (Wildman–Crippen LogP) is 1.77. The Morgan fingerprint density at radius 3 is 2.71 bits per heavy atom. The van der Waals surface area contributed by atoms with Crippen LogP contribution in [0.1, 0.15) is 31.5 Å². The van der Waals surface area contributed by atoms with Gasteiger partial charge in [0.05, 0.1) is 17.4 Å². The molecule has 1 N–H and O–H groups in total. The molecule has 0 bridgehead atoms. The number of rotatable bonds is 3. The topological polar surface area (TPSA) is 83.4 Å². The van der Waals surface area contributed by atoms with Gasteiger partial charge in [-0.1, -0.05) is 0 Å². The highest BCUT2D eigenvalue weighted by molar-refractivity contribution is 5.78. The highest BCUT2D eigenvalue weighted by atomic mass is 16.2. The lowest BCUT2D eigenvalue weighted by molar-refractivity contribution is -0.129. The summed E-state index contributed by atoms with van der Waals surface area (Å²) in [6, 6.07) is 6.86. The van der Waals surface area contributed by atoms with Crippen LogP contribution in [0.15, 0.2) is 41.5 Å². The van der Waals surface area contributed by atoms with Crippen molar-refractivity contribution >= 4 is 11.6 Å². The average molecular weight is 323 g/mol. The summed E-state index contributed by atoms with van der Waals surface area (Å²) < 4.78 is 1.41. The van der Waals surface area contributed by atoms with Crippen LogP contribution in [0.25, 0.3) is 16.9 Å². The second kappa shape index (κ2) is 5.59. The first-order valence-corrected chi connectivity index (χ1v) is 7.96. The number of amides is 1. The lowest BCUT2D eigenvalue weighted by atomic mass is 10.2. The normalized spacial score (nSPS) is 16.0. The van der Waals surface area contributed by atoms with E-state index in [1.54, 1.807) is 17.3 Å². The second-order valence-electron chi connectivity index (χ2n) is 5.99. The van der Waals surface area contributed by atoms with Gasteiger partial charge >= 0.3 is 0 Å². The summed E-state index contributed by atoms with van der Waals surface area (Å²) in [6.45, 7) is 2.63. The summed E-state index contributed by atoms with van der Waals surface area (Å²) in [6.07, 6.45) is 4.83. The Hall–Kier alpha value is -2.96. The minimum absolute atomic E-state index is 0.121. The summed E-state index contributed by atoms with van der Waals surface area (Å²) in [5, 5.41) is 3.06. The molecule has 7 nitrogen and oxygen atoms in total. The van der Waals surface area contributed by atoms with Crippen molar-refractivity contribution in [2.24, 2.45) is 0 Å². The first-order chi connectivity index (χ1) is 11.6. The van der Waals surface area contributed by atoms with Crippen molar-refractivity contribution in [3.8, 4) is 11.3 Å². The van der Waals surface area contributed by atoms with Crippen molar-refractivity contribution in [3.05, 3.63) is 52.7 Å². The van der Waals surface area contributed by atoms with Gasteiger partial charge in [-0.3, -0.25) is 19.7 Å². The smallest absolute Gasteiger partial charge is 0.272 e. The summed E-state index contributed by atoms with van der Waals surface area (Å²) >= 11 is 0. The van der Waals surface area contributed by atoms with Gasteiger partial charge in [-0.15, -0.1) is 0 Å². The fourth-order valence-electron chi connectivity index (χ4n) is 3.14. The van der Waals surface area contributed by atoms with E-state index in [1.165, 1.54) is 10.6 Å². The average Bonchev–Trinajstić information content (AvgIpc) is 3.21. The number of aromatic nitrogens is 4. The summed E-state index contributed by atoms with van der Waals surface area (Å²) in [4.78, 5) is 34.7. The summed E-state index contributed by atoms with van der Waals surface area (Å²) in [7, 11) is 0. The molecule has 4 heterocycles.